The van der Waals surface area contributed by atoms with Gasteiger partial charge in [-0.25, -0.2) is 22.7 Å². The molecule has 146 valence electrons. The monoisotopic (exact) mass is 395 g/mol. The Morgan fingerprint density at radius 3 is 2.81 bits per heavy atom. The lowest BCUT2D eigenvalue weighted by atomic mass is 10.2. The molecule has 1 fully saturated rings. The lowest BCUT2D eigenvalue weighted by Crippen LogP contribution is -2.43. The SMILES string of the molecule is CCCN(C(=O)COC(=O)c1nc2nccc(C)n2n1)[C@@H]1CCS(=O)(=O)C1. The molecule has 0 aromatic carbocycles. The number of nitrogens with zero attached hydrogens (tertiary/aromatic N) is 5. The molecule has 3 heterocycles. The highest BCUT2D eigenvalue weighted by Gasteiger charge is 2.34. The van der Waals surface area contributed by atoms with Gasteiger partial charge in [0, 0.05) is 24.5 Å². The molecule has 1 saturated heterocycles. The van der Waals surface area contributed by atoms with Crippen LogP contribution in [0, 0.1) is 6.92 Å². The van der Waals surface area contributed by atoms with E-state index in [1.54, 1.807) is 19.2 Å². The van der Waals surface area contributed by atoms with Crippen molar-refractivity contribution in [3.8, 4) is 0 Å². The fourth-order valence-electron chi connectivity index (χ4n) is 3.04. The van der Waals surface area contributed by atoms with E-state index in [-0.39, 0.29) is 29.1 Å². The second kappa shape index (κ2) is 7.59. The van der Waals surface area contributed by atoms with Crippen LogP contribution in [0.2, 0.25) is 0 Å². The fourth-order valence-corrected chi connectivity index (χ4v) is 4.77. The highest BCUT2D eigenvalue weighted by Crippen LogP contribution is 2.18. The van der Waals surface area contributed by atoms with Crippen molar-refractivity contribution in [1.29, 1.82) is 0 Å². The number of hydrogen-bond acceptors (Lipinski definition) is 8. The Kier molecular flexibility index (Phi) is 5.40. The van der Waals surface area contributed by atoms with E-state index in [4.69, 9.17) is 4.74 Å². The summed E-state index contributed by atoms with van der Waals surface area (Å²) in [5, 5.41) is 4.03. The Labute approximate surface area is 156 Å². The summed E-state index contributed by atoms with van der Waals surface area (Å²) >= 11 is 0. The number of carbonyl (C=O) groups excluding carboxylic acids is 2. The first-order valence-corrected chi connectivity index (χ1v) is 10.5. The van der Waals surface area contributed by atoms with Crippen molar-refractivity contribution in [2.45, 2.75) is 32.7 Å². The van der Waals surface area contributed by atoms with E-state index in [1.165, 1.54) is 9.42 Å². The molecule has 0 radical (unpaired) electrons. The number of ether oxygens (including phenoxy) is 1. The van der Waals surface area contributed by atoms with Crippen molar-refractivity contribution in [3.63, 3.8) is 0 Å². The van der Waals surface area contributed by atoms with E-state index in [1.807, 2.05) is 6.92 Å². The molecule has 0 N–H and O–H groups in total. The van der Waals surface area contributed by atoms with Gasteiger partial charge in [-0.15, -0.1) is 5.10 Å². The lowest BCUT2D eigenvalue weighted by molar-refractivity contribution is -0.136. The van der Waals surface area contributed by atoms with Gasteiger partial charge in [0.1, 0.15) is 0 Å². The second-order valence-electron chi connectivity index (χ2n) is 6.45. The molecule has 0 aliphatic carbocycles. The fraction of sp³-hybridized carbons (Fsp3) is 0.562. The summed E-state index contributed by atoms with van der Waals surface area (Å²) in [6.07, 6.45) is 2.63. The zero-order chi connectivity index (χ0) is 19.6. The molecular weight excluding hydrogens is 374 g/mol. The van der Waals surface area contributed by atoms with Crippen LogP contribution in [0.1, 0.15) is 36.1 Å². The lowest BCUT2D eigenvalue weighted by Gasteiger charge is -2.27. The molecule has 1 aliphatic heterocycles. The van der Waals surface area contributed by atoms with Crippen molar-refractivity contribution in [1.82, 2.24) is 24.5 Å². The molecule has 3 rings (SSSR count). The van der Waals surface area contributed by atoms with Crippen LogP contribution < -0.4 is 0 Å². The first-order valence-electron chi connectivity index (χ1n) is 8.66. The molecule has 0 unspecified atom stereocenters. The maximum Gasteiger partial charge on any atom is 0.378 e. The number of fused-ring (bicyclic) bond motifs is 1. The Balaban J connectivity index is 1.65. The average Bonchev–Trinajstić information content (AvgIpc) is 3.21. The van der Waals surface area contributed by atoms with Crippen molar-refractivity contribution in [3.05, 3.63) is 23.8 Å². The molecule has 0 spiro atoms. The number of aromatic nitrogens is 4. The predicted molar refractivity (Wildman–Crippen MR) is 94.9 cm³/mol. The maximum absolute atomic E-state index is 12.5. The third-order valence-electron chi connectivity index (χ3n) is 4.37. The molecular formula is C16H21N5O5S. The van der Waals surface area contributed by atoms with E-state index in [2.05, 4.69) is 15.1 Å². The van der Waals surface area contributed by atoms with Crippen LogP contribution >= 0.6 is 0 Å². The molecule has 11 heteroatoms. The first kappa shape index (κ1) is 19.2. The van der Waals surface area contributed by atoms with Crippen LogP contribution in [0.3, 0.4) is 0 Å². The van der Waals surface area contributed by atoms with Crippen LogP contribution in [0.15, 0.2) is 12.3 Å². The quantitative estimate of drug-likeness (QED) is 0.627. The van der Waals surface area contributed by atoms with Gasteiger partial charge in [-0.2, -0.15) is 4.98 Å². The standard InChI is InChI=1S/C16H21N5O5S/c1-3-7-20(12-5-8-27(24,25)10-12)13(22)9-26-15(23)14-18-16-17-6-4-11(2)21(16)19-14/h4,6,12H,3,5,7-10H2,1-2H3/t12-/m1/s1. The van der Waals surface area contributed by atoms with Crippen LogP contribution in [0.25, 0.3) is 5.78 Å². The first-order chi connectivity index (χ1) is 12.8. The van der Waals surface area contributed by atoms with Crippen molar-refractivity contribution in [2.75, 3.05) is 24.7 Å². The minimum Gasteiger partial charge on any atom is -0.450 e. The number of carbonyl (C=O) groups is 2. The zero-order valence-corrected chi connectivity index (χ0v) is 16.0. The highest BCUT2D eigenvalue weighted by atomic mass is 32.2. The van der Waals surface area contributed by atoms with E-state index in [0.29, 0.717) is 19.4 Å². The summed E-state index contributed by atoms with van der Waals surface area (Å²) in [5.74, 6) is -1.16. The number of aryl methyl sites for hydroxylation is 1. The Morgan fingerprint density at radius 2 is 2.19 bits per heavy atom. The molecule has 1 aliphatic rings. The van der Waals surface area contributed by atoms with Gasteiger partial charge in [-0.3, -0.25) is 4.79 Å². The molecule has 0 saturated carbocycles. The van der Waals surface area contributed by atoms with Gasteiger partial charge in [-0.05, 0) is 25.8 Å². The van der Waals surface area contributed by atoms with E-state index in [9.17, 15) is 18.0 Å². The van der Waals surface area contributed by atoms with E-state index < -0.39 is 28.3 Å². The largest absolute Gasteiger partial charge is 0.450 e. The number of sulfone groups is 1. The molecule has 27 heavy (non-hydrogen) atoms. The van der Waals surface area contributed by atoms with Crippen LogP contribution in [0.5, 0.6) is 0 Å². The number of esters is 1. The van der Waals surface area contributed by atoms with Gasteiger partial charge in [-0.1, -0.05) is 6.92 Å². The third-order valence-corrected chi connectivity index (χ3v) is 6.12. The van der Waals surface area contributed by atoms with Gasteiger partial charge in [0.05, 0.1) is 11.5 Å². The zero-order valence-electron chi connectivity index (χ0n) is 15.2. The van der Waals surface area contributed by atoms with Gasteiger partial charge in [0.15, 0.2) is 16.4 Å². The molecule has 1 amide bonds. The van der Waals surface area contributed by atoms with E-state index in [0.717, 1.165) is 5.69 Å². The minimum absolute atomic E-state index is 0.0500. The maximum atomic E-state index is 12.5. The summed E-state index contributed by atoms with van der Waals surface area (Å²) in [6.45, 7) is 3.61. The Bertz CT molecular complexity index is 971. The average molecular weight is 395 g/mol. The minimum atomic E-state index is -3.12. The molecule has 10 nitrogen and oxygen atoms in total. The molecule has 2 aromatic heterocycles. The third kappa shape index (κ3) is 4.24. The van der Waals surface area contributed by atoms with Gasteiger partial charge >= 0.3 is 5.97 Å². The summed E-state index contributed by atoms with van der Waals surface area (Å²) in [5.41, 5.74) is 0.749. The molecule has 0 bridgehead atoms. The topological polar surface area (TPSA) is 124 Å². The smallest absolute Gasteiger partial charge is 0.378 e. The van der Waals surface area contributed by atoms with Crippen molar-refractivity contribution >= 4 is 27.5 Å². The van der Waals surface area contributed by atoms with Crippen molar-refractivity contribution < 1.29 is 22.7 Å². The Morgan fingerprint density at radius 1 is 1.41 bits per heavy atom. The summed E-state index contributed by atoms with van der Waals surface area (Å²) in [6, 6.07) is 1.35. The predicted octanol–water partition coefficient (Wildman–Crippen LogP) is 0.0152. The normalized spacial score (nSPS) is 18.5. The van der Waals surface area contributed by atoms with E-state index >= 15 is 0 Å². The summed E-state index contributed by atoms with van der Waals surface area (Å²) < 4.78 is 29.8. The highest BCUT2D eigenvalue weighted by molar-refractivity contribution is 7.91. The van der Waals surface area contributed by atoms with Crippen LogP contribution in [0.4, 0.5) is 0 Å². The summed E-state index contributed by atoms with van der Waals surface area (Å²) in [7, 11) is -3.12. The van der Waals surface area contributed by atoms with Crippen LogP contribution in [-0.2, 0) is 19.4 Å². The van der Waals surface area contributed by atoms with Crippen molar-refractivity contribution in [2.24, 2.45) is 0 Å². The second-order valence-corrected chi connectivity index (χ2v) is 8.68. The number of amides is 1. The van der Waals surface area contributed by atoms with Gasteiger partial charge in [0.25, 0.3) is 17.5 Å². The Hall–Kier alpha value is -2.56. The number of hydrogen-bond donors (Lipinski definition) is 0. The number of rotatable bonds is 6. The molecule has 1 atom stereocenters. The summed E-state index contributed by atoms with van der Waals surface area (Å²) in [4.78, 5) is 34.2. The van der Waals surface area contributed by atoms with Gasteiger partial charge < -0.3 is 9.64 Å². The molecule has 2 aromatic rings. The van der Waals surface area contributed by atoms with Crippen LogP contribution in [-0.4, -0.2) is 75.5 Å². The van der Waals surface area contributed by atoms with Gasteiger partial charge in [0.2, 0.25) is 0 Å².